The van der Waals surface area contributed by atoms with Gasteiger partial charge in [0.05, 0.1) is 11.6 Å². The first-order valence-corrected chi connectivity index (χ1v) is 6.62. The van der Waals surface area contributed by atoms with Crippen LogP contribution in [0.4, 0.5) is 5.69 Å². The van der Waals surface area contributed by atoms with Crippen molar-refractivity contribution in [2.24, 2.45) is 11.7 Å². The Balaban J connectivity index is 2.26. The average Bonchev–Trinajstić information content (AvgIpc) is 2.46. The molecule has 1 fully saturated rings. The lowest BCUT2D eigenvalue weighted by Crippen LogP contribution is -2.39. The number of nitrogens with two attached hydrogens (primary N) is 1. The standard InChI is InChI=1S/C15H17N3O2/c1-10(19)13-3-2-11(9-16)8-14(13)18-6-4-12(5-7-18)15(17)20/h2-3,8,12H,4-7H2,1H3,(H2,17,20). The monoisotopic (exact) mass is 271 g/mol. The van der Waals surface area contributed by atoms with Crippen LogP contribution in [0.25, 0.3) is 0 Å². The third-order valence-electron chi connectivity index (χ3n) is 3.74. The molecule has 2 rings (SSSR count). The zero-order valence-corrected chi connectivity index (χ0v) is 11.4. The fraction of sp³-hybridized carbons (Fsp3) is 0.400. The Morgan fingerprint density at radius 1 is 1.35 bits per heavy atom. The number of rotatable bonds is 3. The average molecular weight is 271 g/mol. The number of carbonyl (C=O) groups excluding carboxylic acids is 2. The molecule has 1 aliphatic heterocycles. The fourth-order valence-corrected chi connectivity index (χ4v) is 2.57. The van der Waals surface area contributed by atoms with E-state index in [0.717, 1.165) is 5.69 Å². The number of anilines is 1. The highest BCUT2D eigenvalue weighted by atomic mass is 16.1. The minimum absolute atomic E-state index is 0.0264. The van der Waals surface area contributed by atoms with Crippen LogP contribution in [0.5, 0.6) is 0 Å². The predicted molar refractivity (Wildman–Crippen MR) is 75.3 cm³/mol. The highest BCUT2D eigenvalue weighted by molar-refractivity contribution is 6.00. The van der Waals surface area contributed by atoms with Crippen molar-refractivity contribution in [3.05, 3.63) is 29.3 Å². The number of nitriles is 1. The van der Waals surface area contributed by atoms with Crippen LogP contribution in [0.1, 0.15) is 35.7 Å². The summed E-state index contributed by atoms with van der Waals surface area (Å²) in [6, 6.07) is 7.17. The molecule has 0 aliphatic carbocycles. The minimum Gasteiger partial charge on any atom is -0.371 e. The topological polar surface area (TPSA) is 87.2 Å². The molecule has 0 saturated carbocycles. The van der Waals surface area contributed by atoms with E-state index in [-0.39, 0.29) is 17.6 Å². The first-order valence-electron chi connectivity index (χ1n) is 6.62. The van der Waals surface area contributed by atoms with Gasteiger partial charge in [-0.2, -0.15) is 5.26 Å². The zero-order chi connectivity index (χ0) is 14.7. The highest BCUT2D eigenvalue weighted by Gasteiger charge is 2.25. The van der Waals surface area contributed by atoms with Gasteiger partial charge in [0.25, 0.3) is 0 Å². The van der Waals surface area contributed by atoms with Gasteiger partial charge in [-0.1, -0.05) is 0 Å². The number of Topliss-reactive ketones (excluding diaryl/α,β-unsaturated/α-hetero) is 1. The molecule has 104 valence electrons. The molecule has 1 aromatic rings. The molecule has 2 N–H and O–H groups in total. The molecule has 0 atom stereocenters. The summed E-state index contributed by atoms with van der Waals surface area (Å²) in [6.07, 6.45) is 1.37. The van der Waals surface area contributed by atoms with Gasteiger partial charge in [-0.15, -0.1) is 0 Å². The maximum Gasteiger partial charge on any atom is 0.220 e. The summed E-state index contributed by atoms with van der Waals surface area (Å²) in [5.41, 5.74) is 7.24. The number of primary amides is 1. The SMILES string of the molecule is CC(=O)c1ccc(C#N)cc1N1CCC(C(N)=O)CC1. The van der Waals surface area contributed by atoms with Gasteiger partial charge in [0.15, 0.2) is 5.78 Å². The molecule has 0 bridgehead atoms. The summed E-state index contributed by atoms with van der Waals surface area (Å²) < 4.78 is 0. The number of benzene rings is 1. The largest absolute Gasteiger partial charge is 0.371 e. The normalized spacial score (nSPS) is 15.7. The van der Waals surface area contributed by atoms with Crippen molar-refractivity contribution in [2.75, 3.05) is 18.0 Å². The number of carbonyl (C=O) groups is 2. The summed E-state index contributed by atoms with van der Waals surface area (Å²) in [4.78, 5) is 24.9. The van der Waals surface area contributed by atoms with Gasteiger partial charge in [0.1, 0.15) is 0 Å². The Hall–Kier alpha value is -2.35. The molecule has 1 amide bonds. The Labute approximate surface area is 118 Å². The van der Waals surface area contributed by atoms with E-state index < -0.39 is 0 Å². The minimum atomic E-state index is -0.262. The fourth-order valence-electron chi connectivity index (χ4n) is 2.57. The second-order valence-corrected chi connectivity index (χ2v) is 5.06. The molecule has 1 heterocycles. The lowest BCUT2D eigenvalue weighted by molar-refractivity contribution is -0.122. The molecule has 0 unspecified atom stereocenters. The van der Waals surface area contributed by atoms with Crippen LogP contribution in [0.3, 0.4) is 0 Å². The van der Waals surface area contributed by atoms with Crippen molar-refractivity contribution in [2.45, 2.75) is 19.8 Å². The Morgan fingerprint density at radius 3 is 2.50 bits per heavy atom. The van der Waals surface area contributed by atoms with E-state index in [1.54, 1.807) is 18.2 Å². The third-order valence-corrected chi connectivity index (χ3v) is 3.74. The van der Waals surface area contributed by atoms with E-state index in [4.69, 9.17) is 11.0 Å². The zero-order valence-electron chi connectivity index (χ0n) is 11.4. The lowest BCUT2D eigenvalue weighted by Gasteiger charge is -2.33. The van der Waals surface area contributed by atoms with Crippen LogP contribution >= 0.6 is 0 Å². The van der Waals surface area contributed by atoms with Crippen LogP contribution in [0.2, 0.25) is 0 Å². The Bertz CT molecular complexity index is 581. The number of ketones is 1. The lowest BCUT2D eigenvalue weighted by atomic mass is 9.95. The molecular weight excluding hydrogens is 254 g/mol. The molecule has 1 aromatic carbocycles. The summed E-state index contributed by atoms with van der Waals surface area (Å²) in [7, 11) is 0. The first-order chi connectivity index (χ1) is 9.52. The number of nitrogens with zero attached hydrogens (tertiary/aromatic N) is 2. The maximum atomic E-state index is 11.7. The van der Waals surface area contributed by atoms with Gasteiger partial charge in [0, 0.05) is 30.3 Å². The van der Waals surface area contributed by atoms with Gasteiger partial charge in [-0.3, -0.25) is 9.59 Å². The second kappa shape index (κ2) is 5.74. The number of piperidine rings is 1. The van der Waals surface area contributed by atoms with E-state index >= 15 is 0 Å². The number of amides is 1. The summed E-state index contributed by atoms with van der Waals surface area (Å²) in [6.45, 7) is 2.85. The summed E-state index contributed by atoms with van der Waals surface area (Å²) in [5.74, 6) is -0.380. The predicted octanol–water partition coefficient (Wildman–Crippen LogP) is 1.46. The summed E-state index contributed by atoms with van der Waals surface area (Å²) in [5, 5.41) is 8.99. The first kappa shape index (κ1) is 14.1. The molecule has 0 aromatic heterocycles. The van der Waals surface area contributed by atoms with Crippen molar-refractivity contribution >= 4 is 17.4 Å². The highest BCUT2D eigenvalue weighted by Crippen LogP contribution is 2.27. The smallest absolute Gasteiger partial charge is 0.220 e. The summed E-state index contributed by atoms with van der Waals surface area (Å²) >= 11 is 0. The van der Waals surface area contributed by atoms with Crippen LogP contribution in [-0.2, 0) is 4.79 Å². The van der Waals surface area contributed by atoms with Gasteiger partial charge in [0.2, 0.25) is 5.91 Å². The molecule has 1 aliphatic rings. The van der Waals surface area contributed by atoms with Crippen LogP contribution in [0, 0.1) is 17.2 Å². The van der Waals surface area contributed by atoms with Crippen molar-refractivity contribution in [1.82, 2.24) is 0 Å². The van der Waals surface area contributed by atoms with Crippen molar-refractivity contribution in [3.8, 4) is 6.07 Å². The van der Waals surface area contributed by atoms with Crippen LogP contribution < -0.4 is 10.6 Å². The van der Waals surface area contributed by atoms with E-state index in [0.29, 0.717) is 37.1 Å². The van der Waals surface area contributed by atoms with Gasteiger partial charge >= 0.3 is 0 Å². The van der Waals surface area contributed by atoms with Crippen LogP contribution in [0.15, 0.2) is 18.2 Å². The van der Waals surface area contributed by atoms with E-state index in [1.807, 2.05) is 0 Å². The van der Waals surface area contributed by atoms with Crippen molar-refractivity contribution in [1.29, 1.82) is 5.26 Å². The molecule has 0 radical (unpaired) electrons. The molecule has 5 nitrogen and oxygen atoms in total. The molecule has 20 heavy (non-hydrogen) atoms. The number of hydrogen-bond donors (Lipinski definition) is 1. The van der Waals surface area contributed by atoms with E-state index in [1.165, 1.54) is 6.92 Å². The third kappa shape index (κ3) is 2.80. The maximum absolute atomic E-state index is 11.7. The van der Waals surface area contributed by atoms with Crippen LogP contribution in [-0.4, -0.2) is 24.8 Å². The van der Waals surface area contributed by atoms with Gasteiger partial charge < -0.3 is 10.6 Å². The van der Waals surface area contributed by atoms with E-state index in [9.17, 15) is 9.59 Å². The Kier molecular flexibility index (Phi) is 4.04. The van der Waals surface area contributed by atoms with Gasteiger partial charge in [-0.25, -0.2) is 0 Å². The second-order valence-electron chi connectivity index (χ2n) is 5.06. The van der Waals surface area contributed by atoms with Gasteiger partial charge in [-0.05, 0) is 38.0 Å². The molecule has 0 spiro atoms. The molecular formula is C15H17N3O2. The molecule has 5 heteroatoms. The molecule has 1 saturated heterocycles. The van der Waals surface area contributed by atoms with Crippen molar-refractivity contribution in [3.63, 3.8) is 0 Å². The van der Waals surface area contributed by atoms with Crippen molar-refractivity contribution < 1.29 is 9.59 Å². The quantitative estimate of drug-likeness (QED) is 0.843. The number of hydrogen-bond acceptors (Lipinski definition) is 4. The Morgan fingerprint density at radius 2 is 2.00 bits per heavy atom. The van der Waals surface area contributed by atoms with E-state index in [2.05, 4.69) is 11.0 Å².